The Kier molecular flexibility index (Phi) is 4.33. The molecule has 4 heteroatoms. The van der Waals surface area contributed by atoms with Gasteiger partial charge in [-0.05, 0) is 16.7 Å². The Bertz CT molecular complexity index is 869. The van der Waals surface area contributed by atoms with Crippen LogP contribution in [0.2, 0.25) is 0 Å². The molecule has 128 valence electrons. The van der Waals surface area contributed by atoms with Gasteiger partial charge in [0, 0.05) is 0 Å². The van der Waals surface area contributed by atoms with Crippen molar-refractivity contribution in [2.75, 3.05) is 0 Å². The Labute approximate surface area is 152 Å². The molecule has 0 unspecified atom stereocenters. The number of aliphatic hydroxyl groups excluding tert-OH is 1. The average Bonchev–Trinajstić information content (AvgIpc) is 3.21. The van der Waals surface area contributed by atoms with Crippen molar-refractivity contribution in [3.63, 3.8) is 0 Å². The minimum atomic E-state index is -0.676. The van der Waals surface area contributed by atoms with E-state index in [1.165, 1.54) is 0 Å². The molecule has 4 nitrogen and oxygen atoms in total. The molecule has 4 rings (SSSR count). The molecule has 0 spiro atoms. The van der Waals surface area contributed by atoms with Crippen LogP contribution in [-0.2, 0) is 12.1 Å². The maximum absolute atomic E-state index is 9.51. The Morgan fingerprint density at radius 3 is 1.46 bits per heavy atom. The molecule has 0 aliphatic rings. The molecule has 0 atom stereocenters. The molecular weight excluding hydrogens is 322 g/mol. The van der Waals surface area contributed by atoms with Gasteiger partial charge in [0.25, 0.3) is 0 Å². The van der Waals surface area contributed by atoms with Crippen molar-refractivity contribution in [2.24, 2.45) is 0 Å². The zero-order chi connectivity index (χ0) is 17.8. The highest BCUT2D eigenvalue weighted by atomic mass is 16.3. The van der Waals surface area contributed by atoms with Crippen LogP contribution in [0, 0.1) is 0 Å². The molecule has 0 aliphatic heterocycles. The van der Waals surface area contributed by atoms with Crippen molar-refractivity contribution in [1.82, 2.24) is 15.0 Å². The maximum atomic E-state index is 9.51. The van der Waals surface area contributed by atoms with Crippen LogP contribution in [0.3, 0.4) is 0 Å². The van der Waals surface area contributed by atoms with Crippen LogP contribution < -0.4 is 0 Å². The minimum Gasteiger partial charge on any atom is -0.390 e. The predicted molar refractivity (Wildman–Crippen MR) is 101 cm³/mol. The predicted octanol–water partition coefficient (Wildman–Crippen LogP) is 3.61. The third kappa shape index (κ3) is 2.61. The van der Waals surface area contributed by atoms with Crippen molar-refractivity contribution in [2.45, 2.75) is 12.1 Å². The van der Waals surface area contributed by atoms with E-state index < -0.39 is 5.54 Å². The molecule has 1 heterocycles. The van der Waals surface area contributed by atoms with Crippen molar-refractivity contribution in [1.29, 1.82) is 0 Å². The fourth-order valence-electron chi connectivity index (χ4n) is 3.47. The summed E-state index contributed by atoms with van der Waals surface area (Å²) in [5.41, 5.74) is 3.09. The van der Waals surface area contributed by atoms with Crippen LogP contribution in [0.1, 0.15) is 22.4 Å². The standard InChI is InChI=1S/C22H19N3O/c26-17-21-16-25(24-23-21)22(18-10-4-1-5-11-18,19-12-6-2-7-13-19)20-14-8-3-9-15-20/h1-16,26H,17H2. The van der Waals surface area contributed by atoms with Crippen LogP contribution in [-0.4, -0.2) is 20.1 Å². The molecule has 0 bridgehead atoms. The molecule has 0 amide bonds. The van der Waals surface area contributed by atoms with E-state index in [0.29, 0.717) is 5.69 Å². The number of hydrogen-bond acceptors (Lipinski definition) is 3. The van der Waals surface area contributed by atoms with E-state index in [9.17, 15) is 5.11 Å². The summed E-state index contributed by atoms with van der Waals surface area (Å²) >= 11 is 0. The van der Waals surface area contributed by atoms with Gasteiger partial charge in [0.1, 0.15) is 11.2 Å². The number of hydrogen-bond donors (Lipinski definition) is 1. The van der Waals surface area contributed by atoms with Crippen molar-refractivity contribution in [3.05, 3.63) is 120 Å². The first-order chi connectivity index (χ1) is 12.9. The molecule has 0 aliphatic carbocycles. The number of rotatable bonds is 5. The van der Waals surface area contributed by atoms with Crippen molar-refractivity contribution < 1.29 is 5.11 Å². The van der Waals surface area contributed by atoms with Gasteiger partial charge >= 0.3 is 0 Å². The summed E-state index contributed by atoms with van der Waals surface area (Å²) in [6.45, 7) is -0.144. The molecule has 1 aromatic heterocycles. The molecule has 26 heavy (non-hydrogen) atoms. The molecule has 0 saturated heterocycles. The fourth-order valence-corrected chi connectivity index (χ4v) is 3.47. The second-order valence-corrected chi connectivity index (χ2v) is 6.12. The smallest absolute Gasteiger partial charge is 0.139 e. The topological polar surface area (TPSA) is 50.9 Å². The summed E-state index contributed by atoms with van der Waals surface area (Å²) in [6.07, 6.45) is 1.81. The highest BCUT2D eigenvalue weighted by Crippen LogP contribution is 2.40. The van der Waals surface area contributed by atoms with Crippen molar-refractivity contribution in [3.8, 4) is 0 Å². The lowest BCUT2D eigenvalue weighted by Crippen LogP contribution is -2.38. The van der Waals surface area contributed by atoms with Crippen LogP contribution in [0.25, 0.3) is 0 Å². The minimum absolute atomic E-state index is 0.144. The second-order valence-electron chi connectivity index (χ2n) is 6.12. The van der Waals surface area contributed by atoms with Gasteiger partial charge in [-0.25, -0.2) is 4.68 Å². The molecule has 3 aromatic carbocycles. The monoisotopic (exact) mass is 341 g/mol. The van der Waals surface area contributed by atoms with E-state index in [2.05, 4.69) is 46.7 Å². The lowest BCUT2D eigenvalue weighted by molar-refractivity contribution is 0.276. The molecule has 1 N–H and O–H groups in total. The Morgan fingerprint density at radius 2 is 1.12 bits per heavy atom. The van der Waals surface area contributed by atoms with Gasteiger partial charge in [0.2, 0.25) is 0 Å². The number of nitrogens with zero attached hydrogens (tertiary/aromatic N) is 3. The number of aromatic nitrogens is 3. The van der Waals surface area contributed by atoms with E-state index in [4.69, 9.17) is 0 Å². The Hall–Kier alpha value is -3.24. The average molecular weight is 341 g/mol. The first-order valence-electron chi connectivity index (χ1n) is 8.55. The third-order valence-corrected chi connectivity index (χ3v) is 4.62. The summed E-state index contributed by atoms with van der Waals surface area (Å²) in [5, 5.41) is 18.0. The summed E-state index contributed by atoms with van der Waals surface area (Å²) in [5.74, 6) is 0. The van der Waals surface area contributed by atoms with Gasteiger partial charge in [-0.2, -0.15) is 0 Å². The molecule has 0 saturated carbocycles. The van der Waals surface area contributed by atoms with Gasteiger partial charge in [0.05, 0.1) is 12.8 Å². The zero-order valence-corrected chi connectivity index (χ0v) is 14.2. The lowest BCUT2D eigenvalue weighted by Gasteiger charge is -2.35. The number of aliphatic hydroxyl groups is 1. The van der Waals surface area contributed by atoms with Crippen LogP contribution in [0.5, 0.6) is 0 Å². The van der Waals surface area contributed by atoms with Gasteiger partial charge in [-0.1, -0.05) is 96.2 Å². The normalized spacial score (nSPS) is 11.4. The van der Waals surface area contributed by atoms with Crippen LogP contribution in [0.15, 0.2) is 97.2 Å². The first kappa shape index (κ1) is 16.2. The quantitative estimate of drug-likeness (QED) is 0.564. The first-order valence-corrected chi connectivity index (χ1v) is 8.55. The van der Waals surface area contributed by atoms with Crippen LogP contribution >= 0.6 is 0 Å². The second kappa shape index (κ2) is 6.94. The van der Waals surface area contributed by atoms with Crippen molar-refractivity contribution >= 4 is 0 Å². The van der Waals surface area contributed by atoms with E-state index >= 15 is 0 Å². The molecular formula is C22H19N3O. The van der Waals surface area contributed by atoms with E-state index in [1.807, 2.05) is 65.5 Å². The largest absolute Gasteiger partial charge is 0.390 e. The van der Waals surface area contributed by atoms with Gasteiger partial charge in [-0.15, -0.1) is 5.10 Å². The fraction of sp³-hybridized carbons (Fsp3) is 0.0909. The highest BCUT2D eigenvalue weighted by Gasteiger charge is 2.39. The highest BCUT2D eigenvalue weighted by molar-refractivity contribution is 5.50. The number of benzene rings is 3. The van der Waals surface area contributed by atoms with Gasteiger partial charge in [0.15, 0.2) is 0 Å². The molecule has 4 aromatic rings. The van der Waals surface area contributed by atoms with Crippen LogP contribution in [0.4, 0.5) is 0 Å². The molecule has 0 fully saturated rings. The third-order valence-electron chi connectivity index (χ3n) is 4.62. The van der Waals surface area contributed by atoms with E-state index in [1.54, 1.807) is 0 Å². The van der Waals surface area contributed by atoms with E-state index in [0.717, 1.165) is 16.7 Å². The SMILES string of the molecule is OCc1cn(C(c2ccccc2)(c2ccccc2)c2ccccc2)nn1. The summed E-state index contributed by atoms with van der Waals surface area (Å²) < 4.78 is 1.85. The summed E-state index contributed by atoms with van der Waals surface area (Å²) in [6, 6.07) is 30.8. The molecule has 0 radical (unpaired) electrons. The maximum Gasteiger partial charge on any atom is 0.139 e. The Morgan fingerprint density at radius 1 is 0.692 bits per heavy atom. The lowest BCUT2D eigenvalue weighted by atomic mass is 9.77. The zero-order valence-electron chi connectivity index (χ0n) is 14.2. The van der Waals surface area contributed by atoms with Gasteiger partial charge < -0.3 is 5.11 Å². The summed E-state index contributed by atoms with van der Waals surface area (Å²) in [4.78, 5) is 0. The van der Waals surface area contributed by atoms with Gasteiger partial charge in [-0.3, -0.25) is 0 Å². The Balaban J connectivity index is 2.10. The summed E-state index contributed by atoms with van der Waals surface area (Å²) in [7, 11) is 0. The van der Waals surface area contributed by atoms with E-state index in [-0.39, 0.29) is 6.61 Å².